The number of amides is 1. The first kappa shape index (κ1) is 15.1. The molecule has 7 heteroatoms. The third-order valence-electron chi connectivity index (χ3n) is 5.56. The maximum atomic E-state index is 12.9. The number of fused-ring (bicyclic) bond motifs is 2. The number of likely N-dealkylation sites (tertiary alicyclic amines) is 1. The molecule has 1 N–H and O–H groups in total. The van der Waals surface area contributed by atoms with Crippen molar-refractivity contribution in [2.75, 3.05) is 20.2 Å². The fourth-order valence-corrected chi connectivity index (χ4v) is 4.30. The Hall–Kier alpha value is -2.44. The van der Waals surface area contributed by atoms with Crippen molar-refractivity contribution in [2.45, 2.75) is 25.7 Å². The van der Waals surface area contributed by atoms with E-state index in [4.69, 9.17) is 4.74 Å². The number of benzene rings is 1. The number of rotatable bonds is 2. The van der Waals surface area contributed by atoms with Gasteiger partial charge in [0, 0.05) is 18.7 Å². The molecule has 1 aliphatic carbocycles. The molecular formula is C17H20N4O3. The third-order valence-corrected chi connectivity index (χ3v) is 5.56. The zero-order chi connectivity index (χ0) is 16.7. The van der Waals surface area contributed by atoms with E-state index in [1.807, 2.05) is 0 Å². The summed E-state index contributed by atoms with van der Waals surface area (Å²) in [6.07, 6.45) is 3.90. The van der Waals surface area contributed by atoms with Crippen LogP contribution in [0.4, 0.5) is 0 Å². The quantitative estimate of drug-likeness (QED) is 0.849. The number of hydrogen-bond acceptors (Lipinski definition) is 5. The van der Waals surface area contributed by atoms with Gasteiger partial charge in [-0.05, 0) is 37.0 Å². The van der Waals surface area contributed by atoms with Crippen LogP contribution in [0.15, 0.2) is 18.2 Å². The minimum Gasteiger partial charge on any atom is -0.469 e. The second kappa shape index (κ2) is 5.58. The summed E-state index contributed by atoms with van der Waals surface area (Å²) in [6.45, 7) is 1.06. The van der Waals surface area contributed by atoms with Crippen LogP contribution in [-0.4, -0.2) is 52.4 Å². The maximum Gasteiger partial charge on any atom is 0.313 e. The van der Waals surface area contributed by atoms with Crippen LogP contribution in [0.2, 0.25) is 0 Å². The summed E-state index contributed by atoms with van der Waals surface area (Å²) in [7, 11) is 1.44. The number of nitrogens with zero attached hydrogens (tertiary/aromatic N) is 3. The van der Waals surface area contributed by atoms with Crippen molar-refractivity contribution in [1.29, 1.82) is 0 Å². The van der Waals surface area contributed by atoms with Crippen molar-refractivity contribution >= 4 is 22.9 Å². The molecule has 0 radical (unpaired) electrons. The fraction of sp³-hybridized carbons (Fsp3) is 0.529. The number of esters is 1. The molecule has 2 aromatic rings. The van der Waals surface area contributed by atoms with Crippen molar-refractivity contribution in [3.8, 4) is 0 Å². The highest BCUT2D eigenvalue weighted by Crippen LogP contribution is 2.47. The predicted octanol–water partition coefficient (Wildman–Crippen LogP) is 1.76. The lowest BCUT2D eigenvalue weighted by Crippen LogP contribution is -2.42. The normalized spacial score (nSPS) is 26.4. The predicted molar refractivity (Wildman–Crippen MR) is 86.2 cm³/mol. The van der Waals surface area contributed by atoms with Gasteiger partial charge >= 0.3 is 5.97 Å². The first-order chi connectivity index (χ1) is 11.6. The number of carbonyl (C=O) groups excluding carboxylic acids is 2. The van der Waals surface area contributed by atoms with Gasteiger partial charge in [-0.25, -0.2) is 0 Å². The van der Waals surface area contributed by atoms with Gasteiger partial charge in [0.25, 0.3) is 5.91 Å². The number of methoxy groups -OCH3 is 1. The average molecular weight is 328 g/mol. The van der Waals surface area contributed by atoms with Crippen LogP contribution in [0.1, 0.15) is 36.0 Å². The molecule has 2 fully saturated rings. The largest absolute Gasteiger partial charge is 0.469 e. The molecule has 2 atom stereocenters. The van der Waals surface area contributed by atoms with E-state index in [-0.39, 0.29) is 17.8 Å². The number of ether oxygens (including phenoxy) is 1. The van der Waals surface area contributed by atoms with Crippen LogP contribution in [0.5, 0.6) is 0 Å². The van der Waals surface area contributed by atoms with Crippen molar-refractivity contribution < 1.29 is 14.3 Å². The lowest BCUT2D eigenvalue weighted by Gasteiger charge is -2.35. The molecular weight excluding hydrogens is 308 g/mol. The van der Waals surface area contributed by atoms with E-state index in [0.717, 1.165) is 31.2 Å². The van der Waals surface area contributed by atoms with E-state index >= 15 is 0 Å². The second-order valence-electron chi connectivity index (χ2n) is 6.80. The number of aromatic amines is 1. The summed E-state index contributed by atoms with van der Waals surface area (Å²) < 4.78 is 5.08. The minimum absolute atomic E-state index is 0.0578. The molecule has 1 saturated carbocycles. The molecule has 126 valence electrons. The smallest absolute Gasteiger partial charge is 0.313 e. The van der Waals surface area contributed by atoms with Gasteiger partial charge in [-0.15, -0.1) is 0 Å². The molecule has 0 bridgehead atoms. The van der Waals surface area contributed by atoms with Gasteiger partial charge in [0.1, 0.15) is 11.0 Å². The van der Waals surface area contributed by atoms with Gasteiger partial charge in [-0.2, -0.15) is 15.4 Å². The molecule has 0 spiro atoms. The lowest BCUT2D eigenvalue weighted by molar-refractivity contribution is -0.156. The average Bonchev–Trinajstić information content (AvgIpc) is 3.24. The fourth-order valence-electron chi connectivity index (χ4n) is 4.30. The van der Waals surface area contributed by atoms with Crippen molar-refractivity contribution in [3.63, 3.8) is 0 Å². The highest BCUT2D eigenvalue weighted by molar-refractivity contribution is 5.98. The van der Waals surface area contributed by atoms with Crippen molar-refractivity contribution in [2.24, 2.45) is 11.3 Å². The van der Waals surface area contributed by atoms with Crippen LogP contribution in [-0.2, 0) is 9.53 Å². The number of nitrogens with one attached hydrogen (secondary N) is 1. The summed E-state index contributed by atoms with van der Waals surface area (Å²) in [5, 5.41) is 10.6. The second-order valence-corrected chi connectivity index (χ2v) is 6.80. The Kier molecular flexibility index (Phi) is 3.51. The Bertz CT molecular complexity index is 802. The van der Waals surface area contributed by atoms with Crippen molar-refractivity contribution in [1.82, 2.24) is 20.3 Å². The Morgan fingerprint density at radius 2 is 2.12 bits per heavy atom. The van der Waals surface area contributed by atoms with E-state index in [1.54, 1.807) is 23.1 Å². The SMILES string of the molecule is COC(=O)[C@@]12CCCC[C@@H]1CN(C(=O)c1ccc3n[nH]nc3c1)C2. The van der Waals surface area contributed by atoms with Gasteiger partial charge in [0.05, 0.1) is 12.5 Å². The third kappa shape index (κ3) is 2.18. The molecule has 1 aromatic heterocycles. The summed E-state index contributed by atoms with van der Waals surface area (Å²) >= 11 is 0. The Morgan fingerprint density at radius 1 is 1.29 bits per heavy atom. The van der Waals surface area contributed by atoms with E-state index in [1.165, 1.54) is 7.11 Å². The zero-order valence-electron chi connectivity index (χ0n) is 13.6. The van der Waals surface area contributed by atoms with E-state index in [9.17, 15) is 9.59 Å². The van der Waals surface area contributed by atoms with Gasteiger partial charge in [0.15, 0.2) is 0 Å². The van der Waals surface area contributed by atoms with Crippen LogP contribution in [0.25, 0.3) is 11.0 Å². The van der Waals surface area contributed by atoms with E-state index in [2.05, 4.69) is 15.4 Å². The Labute approximate surface area is 139 Å². The molecule has 2 heterocycles. The van der Waals surface area contributed by atoms with Gasteiger partial charge < -0.3 is 9.64 Å². The number of H-pyrrole nitrogens is 1. The highest BCUT2D eigenvalue weighted by Gasteiger charge is 2.54. The monoisotopic (exact) mass is 328 g/mol. The number of carbonyl (C=O) groups is 2. The van der Waals surface area contributed by atoms with Crippen molar-refractivity contribution in [3.05, 3.63) is 23.8 Å². The molecule has 1 aliphatic heterocycles. The zero-order valence-corrected chi connectivity index (χ0v) is 13.6. The summed E-state index contributed by atoms with van der Waals surface area (Å²) in [6, 6.07) is 5.29. The van der Waals surface area contributed by atoms with Crippen LogP contribution < -0.4 is 0 Å². The van der Waals surface area contributed by atoms with Gasteiger partial charge in [-0.3, -0.25) is 9.59 Å². The summed E-state index contributed by atoms with van der Waals surface area (Å²) in [4.78, 5) is 27.2. The van der Waals surface area contributed by atoms with Crippen LogP contribution in [0, 0.1) is 11.3 Å². The van der Waals surface area contributed by atoms with Gasteiger partial charge in [0.2, 0.25) is 0 Å². The summed E-state index contributed by atoms with van der Waals surface area (Å²) in [5.74, 6) is -0.0366. The standard InChI is InChI=1S/C17H20N4O3/c1-24-16(23)17-7-3-2-4-12(17)9-21(10-17)15(22)11-5-6-13-14(8-11)19-20-18-13/h5-6,8,12H,2-4,7,9-10H2,1H3,(H,18,19,20)/t12-,17-/m1/s1. The Morgan fingerprint density at radius 3 is 2.96 bits per heavy atom. The topological polar surface area (TPSA) is 88.2 Å². The van der Waals surface area contributed by atoms with E-state index < -0.39 is 5.41 Å². The minimum atomic E-state index is -0.527. The summed E-state index contributed by atoms with van der Waals surface area (Å²) in [5.41, 5.74) is 1.45. The molecule has 24 heavy (non-hydrogen) atoms. The molecule has 1 amide bonds. The Balaban J connectivity index is 1.62. The van der Waals surface area contributed by atoms with Crippen LogP contribution >= 0.6 is 0 Å². The molecule has 1 saturated heterocycles. The first-order valence-electron chi connectivity index (χ1n) is 8.32. The lowest BCUT2D eigenvalue weighted by atomic mass is 9.68. The molecule has 1 aromatic carbocycles. The maximum absolute atomic E-state index is 12.9. The first-order valence-corrected chi connectivity index (χ1v) is 8.32. The highest BCUT2D eigenvalue weighted by atomic mass is 16.5. The van der Waals surface area contributed by atoms with Gasteiger partial charge in [-0.1, -0.05) is 12.8 Å². The molecule has 7 nitrogen and oxygen atoms in total. The molecule has 2 aliphatic rings. The van der Waals surface area contributed by atoms with E-state index in [0.29, 0.717) is 24.2 Å². The molecule has 0 unspecified atom stereocenters. The number of hydrogen-bond donors (Lipinski definition) is 1. The molecule has 4 rings (SSSR count). The number of aromatic nitrogens is 3. The van der Waals surface area contributed by atoms with Crippen LogP contribution in [0.3, 0.4) is 0 Å².